The van der Waals surface area contributed by atoms with Gasteiger partial charge in [0.2, 0.25) is 5.88 Å². The summed E-state index contributed by atoms with van der Waals surface area (Å²) < 4.78 is 5.54. The van der Waals surface area contributed by atoms with E-state index in [1.807, 2.05) is 19.1 Å². The number of aromatic nitrogens is 2. The molecular weight excluding hydrogens is 234 g/mol. The smallest absolute Gasteiger partial charge is 0.219 e. The predicted octanol–water partition coefficient (Wildman–Crippen LogP) is 2.21. The van der Waals surface area contributed by atoms with E-state index in [9.17, 15) is 0 Å². The molecule has 0 spiro atoms. The standard InChI is InChI=1S/C12H11N3OS/c1-8-5-6-9(7-14-8)16-11-4-2-3-10(15-11)12(13)17/h2-7H,1H3,(H2,13,17). The first kappa shape index (κ1) is 11.5. The fourth-order valence-electron chi connectivity index (χ4n) is 1.24. The number of ether oxygens (including phenoxy) is 1. The van der Waals surface area contributed by atoms with Crippen molar-refractivity contribution in [1.82, 2.24) is 9.97 Å². The molecule has 0 atom stereocenters. The van der Waals surface area contributed by atoms with Crippen LogP contribution in [0.3, 0.4) is 0 Å². The Labute approximate surface area is 104 Å². The third kappa shape index (κ3) is 2.98. The van der Waals surface area contributed by atoms with Crippen LogP contribution in [0.2, 0.25) is 0 Å². The highest BCUT2D eigenvalue weighted by atomic mass is 32.1. The Hall–Kier alpha value is -2.01. The number of nitrogens with two attached hydrogens (primary N) is 1. The van der Waals surface area contributed by atoms with Crippen LogP contribution >= 0.6 is 12.2 Å². The number of hydrogen-bond acceptors (Lipinski definition) is 4. The summed E-state index contributed by atoms with van der Waals surface area (Å²) in [6.45, 7) is 1.91. The van der Waals surface area contributed by atoms with Crippen LogP contribution in [0.1, 0.15) is 11.4 Å². The summed E-state index contributed by atoms with van der Waals surface area (Å²) in [4.78, 5) is 8.55. The van der Waals surface area contributed by atoms with Crippen molar-refractivity contribution in [3.05, 3.63) is 47.9 Å². The van der Waals surface area contributed by atoms with E-state index < -0.39 is 0 Å². The third-order valence-corrected chi connectivity index (χ3v) is 2.29. The summed E-state index contributed by atoms with van der Waals surface area (Å²) in [7, 11) is 0. The second kappa shape index (κ2) is 4.88. The molecule has 0 unspecified atom stereocenters. The maximum absolute atomic E-state index is 5.54. The molecule has 4 nitrogen and oxygen atoms in total. The zero-order chi connectivity index (χ0) is 12.3. The van der Waals surface area contributed by atoms with Crippen molar-refractivity contribution in [2.24, 2.45) is 5.73 Å². The first-order chi connectivity index (χ1) is 8.15. The minimum Gasteiger partial charge on any atom is -0.437 e. The molecule has 0 aliphatic carbocycles. The normalized spacial score (nSPS) is 9.94. The summed E-state index contributed by atoms with van der Waals surface area (Å²) in [5, 5.41) is 0. The Morgan fingerprint density at radius 2 is 2.12 bits per heavy atom. The molecule has 2 N–H and O–H groups in total. The van der Waals surface area contributed by atoms with Crippen molar-refractivity contribution in [3.8, 4) is 11.6 Å². The lowest BCUT2D eigenvalue weighted by Crippen LogP contribution is -2.11. The Morgan fingerprint density at radius 3 is 2.76 bits per heavy atom. The monoisotopic (exact) mass is 245 g/mol. The highest BCUT2D eigenvalue weighted by Gasteiger charge is 2.02. The lowest BCUT2D eigenvalue weighted by molar-refractivity contribution is 0.460. The van der Waals surface area contributed by atoms with Crippen LogP contribution in [0.25, 0.3) is 0 Å². The van der Waals surface area contributed by atoms with Gasteiger partial charge in [0.15, 0.2) is 0 Å². The fraction of sp³-hybridized carbons (Fsp3) is 0.0833. The van der Waals surface area contributed by atoms with Gasteiger partial charge in [-0.1, -0.05) is 18.3 Å². The van der Waals surface area contributed by atoms with Gasteiger partial charge in [0.1, 0.15) is 16.4 Å². The van der Waals surface area contributed by atoms with Crippen LogP contribution in [0.5, 0.6) is 11.6 Å². The van der Waals surface area contributed by atoms with Crippen molar-refractivity contribution in [3.63, 3.8) is 0 Å². The molecule has 0 fully saturated rings. The number of thiocarbonyl (C=S) groups is 1. The van der Waals surface area contributed by atoms with Crippen LogP contribution in [-0.4, -0.2) is 15.0 Å². The summed E-state index contributed by atoms with van der Waals surface area (Å²) in [5.74, 6) is 1.07. The van der Waals surface area contributed by atoms with Gasteiger partial charge in [-0.2, -0.15) is 0 Å². The number of nitrogens with zero attached hydrogens (tertiary/aromatic N) is 2. The van der Waals surface area contributed by atoms with Crippen molar-refractivity contribution < 1.29 is 4.74 Å². The van der Waals surface area contributed by atoms with Gasteiger partial charge in [-0.25, -0.2) is 4.98 Å². The van der Waals surface area contributed by atoms with Gasteiger partial charge in [-0.15, -0.1) is 0 Å². The van der Waals surface area contributed by atoms with E-state index in [0.29, 0.717) is 17.3 Å². The molecule has 2 rings (SSSR count). The summed E-state index contributed by atoms with van der Waals surface area (Å²) in [5.41, 5.74) is 6.97. The lowest BCUT2D eigenvalue weighted by atomic mass is 10.3. The lowest BCUT2D eigenvalue weighted by Gasteiger charge is -2.05. The number of rotatable bonds is 3. The van der Waals surface area contributed by atoms with Gasteiger partial charge < -0.3 is 10.5 Å². The average molecular weight is 245 g/mol. The Balaban J connectivity index is 2.21. The highest BCUT2D eigenvalue weighted by Crippen LogP contribution is 2.18. The van der Waals surface area contributed by atoms with Crippen LogP contribution < -0.4 is 10.5 Å². The second-order valence-corrected chi connectivity index (χ2v) is 3.90. The topological polar surface area (TPSA) is 61.0 Å². The molecule has 0 saturated carbocycles. The second-order valence-electron chi connectivity index (χ2n) is 3.46. The molecule has 0 saturated heterocycles. The molecule has 2 aromatic rings. The summed E-state index contributed by atoms with van der Waals surface area (Å²) in [6.07, 6.45) is 1.64. The van der Waals surface area contributed by atoms with E-state index in [1.165, 1.54) is 0 Å². The summed E-state index contributed by atoms with van der Waals surface area (Å²) >= 11 is 4.85. The molecule has 17 heavy (non-hydrogen) atoms. The minimum absolute atomic E-state index is 0.248. The largest absolute Gasteiger partial charge is 0.437 e. The zero-order valence-electron chi connectivity index (χ0n) is 9.25. The average Bonchev–Trinajstić information content (AvgIpc) is 2.32. The molecule has 2 heterocycles. The van der Waals surface area contributed by atoms with Gasteiger partial charge in [-0.05, 0) is 25.1 Å². The first-order valence-electron chi connectivity index (χ1n) is 5.02. The van der Waals surface area contributed by atoms with E-state index in [1.54, 1.807) is 24.4 Å². The Bertz CT molecular complexity index is 540. The van der Waals surface area contributed by atoms with Crippen LogP contribution in [-0.2, 0) is 0 Å². The number of hydrogen-bond donors (Lipinski definition) is 1. The Morgan fingerprint density at radius 1 is 1.29 bits per heavy atom. The first-order valence-corrected chi connectivity index (χ1v) is 5.43. The van der Waals surface area contributed by atoms with Crippen molar-refractivity contribution in [2.45, 2.75) is 6.92 Å². The Kier molecular flexibility index (Phi) is 3.30. The molecule has 2 aromatic heterocycles. The van der Waals surface area contributed by atoms with Crippen molar-refractivity contribution >= 4 is 17.2 Å². The summed E-state index contributed by atoms with van der Waals surface area (Å²) in [6, 6.07) is 8.97. The van der Waals surface area contributed by atoms with Crippen LogP contribution in [0, 0.1) is 6.92 Å². The van der Waals surface area contributed by atoms with Crippen LogP contribution in [0.15, 0.2) is 36.5 Å². The number of aryl methyl sites for hydroxylation is 1. The highest BCUT2D eigenvalue weighted by molar-refractivity contribution is 7.80. The van der Waals surface area contributed by atoms with Crippen molar-refractivity contribution in [2.75, 3.05) is 0 Å². The van der Waals surface area contributed by atoms with E-state index in [-0.39, 0.29) is 4.99 Å². The third-order valence-electron chi connectivity index (χ3n) is 2.08. The molecule has 86 valence electrons. The van der Waals surface area contributed by atoms with Gasteiger partial charge in [0.25, 0.3) is 0 Å². The van der Waals surface area contributed by atoms with Gasteiger partial charge in [0.05, 0.1) is 6.20 Å². The van der Waals surface area contributed by atoms with Gasteiger partial charge >= 0.3 is 0 Å². The molecule has 0 aliphatic heterocycles. The van der Waals surface area contributed by atoms with Gasteiger partial charge in [0, 0.05) is 11.8 Å². The van der Waals surface area contributed by atoms with Crippen molar-refractivity contribution in [1.29, 1.82) is 0 Å². The zero-order valence-corrected chi connectivity index (χ0v) is 10.1. The van der Waals surface area contributed by atoms with E-state index in [2.05, 4.69) is 9.97 Å². The molecule has 0 aromatic carbocycles. The minimum atomic E-state index is 0.248. The maximum atomic E-state index is 5.54. The predicted molar refractivity (Wildman–Crippen MR) is 69.2 cm³/mol. The molecule has 5 heteroatoms. The van der Waals surface area contributed by atoms with Crippen LogP contribution in [0.4, 0.5) is 0 Å². The van der Waals surface area contributed by atoms with E-state index >= 15 is 0 Å². The molecular formula is C12H11N3OS. The van der Waals surface area contributed by atoms with Gasteiger partial charge in [-0.3, -0.25) is 4.98 Å². The van der Waals surface area contributed by atoms with E-state index in [0.717, 1.165) is 5.69 Å². The molecule has 0 aliphatic rings. The number of pyridine rings is 2. The molecule has 0 bridgehead atoms. The molecule has 0 radical (unpaired) electrons. The maximum Gasteiger partial charge on any atom is 0.219 e. The SMILES string of the molecule is Cc1ccc(Oc2cccc(C(N)=S)n2)cn1. The quantitative estimate of drug-likeness (QED) is 0.840. The molecule has 0 amide bonds. The fourth-order valence-corrected chi connectivity index (χ4v) is 1.36. The van der Waals surface area contributed by atoms with E-state index in [4.69, 9.17) is 22.7 Å².